The molecule has 27 heavy (non-hydrogen) atoms. The first kappa shape index (κ1) is 21.5. The third-order valence-corrected chi connectivity index (χ3v) is 4.91. The SMILES string of the molecule is CN(Cc1ccccc1)C(=O)N1CCN(C(=O)CC2COCCN2)CC1.Cl. The summed E-state index contributed by atoms with van der Waals surface area (Å²) in [5.41, 5.74) is 1.11. The molecule has 1 N–H and O–H groups in total. The fourth-order valence-electron chi connectivity index (χ4n) is 3.40. The van der Waals surface area contributed by atoms with Crippen molar-refractivity contribution in [1.29, 1.82) is 0 Å². The van der Waals surface area contributed by atoms with Crippen LogP contribution in [0.25, 0.3) is 0 Å². The van der Waals surface area contributed by atoms with Crippen molar-refractivity contribution in [3.8, 4) is 0 Å². The number of urea groups is 1. The summed E-state index contributed by atoms with van der Waals surface area (Å²) in [6, 6.07) is 10.1. The first-order chi connectivity index (χ1) is 12.6. The summed E-state index contributed by atoms with van der Waals surface area (Å²) in [7, 11) is 1.82. The summed E-state index contributed by atoms with van der Waals surface area (Å²) in [6.07, 6.45) is 0.460. The molecule has 2 aliphatic rings. The Morgan fingerprint density at radius 3 is 2.44 bits per heavy atom. The van der Waals surface area contributed by atoms with Crippen LogP contribution in [0.1, 0.15) is 12.0 Å². The van der Waals surface area contributed by atoms with Gasteiger partial charge in [-0.25, -0.2) is 4.79 Å². The van der Waals surface area contributed by atoms with Gasteiger partial charge in [-0.1, -0.05) is 30.3 Å². The number of carbonyl (C=O) groups is 2. The smallest absolute Gasteiger partial charge is 0.320 e. The summed E-state index contributed by atoms with van der Waals surface area (Å²) < 4.78 is 5.40. The number of morpholine rings is 1. The minimum atomic E-state index is 0. The summed E-state index contributed by atoms with van der Waals surface area (Å²) in [5, 5.41) is 3.31. The maximum absolute atomic E-state index is 12.6. The molecule has 0 bridgehead atoms. The average molecular weight is 397 g/mol. The lowest BCUT2D eigenvalue weighted by molar-refractivity contribution is -0.133. The van der Waals surface area contributed by atoms with E-state index in [4.69, 9.17) is 4.74 Å². The number of halogens is 1. The average Bonchev–Trinajstić information content (AvgIpc) is 2.69. The first-order valence-electron chi connectivity index (χ1n) is 9.26. The van der Waals surface area contributed by atoms with E-state index in [1.807, 2.05) is 47.2 Å². The lowest BCUT2D eigenvalue weighted by Gasteiger charge is -2.37. The molecule has 1 aromatic carbocycles. The molecule has 7 nitrogen and oxygen atoms in total. The summed E-state index contributed by atoms with van der Waals surface area (Å²) in [4.78, 5) is 30.5. The molecule has 2 heterocycles. The van der Waals surface area contributed by atoms with Crippen molar-refractivity contribution in [2.45, 2.75) is 19.0 Å². The molecular weight excluding hydrogens is 368 g/mol. The van der Waals surface area contributed by atoms with Gasteiger partial charge in [-0.2, -0.15) is 0 Å². The van der Waals surface area contributed by atoms with Crippen LogP contribution in [0, 0.1) is 0 Å². The normalized spacial score (nSPS) is 20.0. The lowest BCUT2D eigenvalue weighted by atomic mass is 10.1. The number of nitrogens with one attached hydrogen (secondary N) is 1. The van der Waals surface area contributed by atoms with Crippen molar-refractivity contribution < 1.29 is 14.3 Å². The fourth-order valence-corrected chi connectivity index (χ4v) is 3.40. The predicted octanol–water partition coefficient (Wildman–Crippen LogP) is 1.18. The number of amides is 3. The monoisotopic (exact) mass is 396 g/mol. The molecule has 0 aromatic heterocycles. The zero-order valence-corrected chi connectivity index (χ0v) is 16.6. The van der Waals surface area contributed by atoms with E-state index in [-0.39, 0.29) is 30.4 Å². The van der Waals surface area contributed by atoms with E-state index in [1.165, 1.54) is 0 Å². The van der Waals surface area contributed by atoms with Crippen LogP contribution in [-0.2, 0) is 16.1 Å². The second kappa shape index (κ2) is 10.5. The predicted molar refractivity (Wildman–Crippen MR) is 106 cm³/mol. The molecule has 0 aliphatic carbocycles. The fraction of sp³-hybridized carbons (Fsp3) is 0.579. The first-order valence-corrected chi connectivity index (χ1v) is 9.26. The molecule has 2 fully saturated rings. The second-order valence-corrected chi connectivity index (χ2v) is 6.92. The molecule has 1 aromatic rings. The Labute approximate surface area is 167 Å². The Hall–Kier alpha value is -1.83. The minimum absolute atomic E-state index is 0. The van der Waals surface area contributed by atoms with Crippen LogP contribution < -0.4 is 5.32 Å². The Balaban J connectivity index is 0.00000261. The van der Waals surface area contributed by atoms with E-state index in [2.05, 4.69) is 5.32 Å². The summed E-state index contributed by atoms with van der Waals surface area (Å²) in [6.45, 7) is 5.04. The van der Waals surface area contributed by atoms with E-state index in [0.29, 0.717) is 52.4 Å². The van der Waals surface area contributed by atoms with E-state index >= 15 is 0 Å². The van der Waals surface area contributed by atoms with Gasteiger partial charge >= 0.3 is 6.03 Å². The van der Waals surface area contributed by atoms with E-state index in [1.54, 1.807) is 4.90 Å². The van der Waals surface area contributed by atoms with Gasteiger partial charge in [-0.3, -0.25) is 4.79 Å². The minimum Gasteiger partial charge on any atom is -0.378 e. The number of rotatable bonds is 4. The molecule has 150 valence electrons. The number of ether oxygens (including phenoxy) is 1. The van der Waals surface area contributed by atoms with Crippen LogP contribution in [-0.4, -0.2) is 85.7 Å². The molecule has 3 rings (SSSR count). The zero-order valence-electron chi connectivity index (χ0n) is 15.8. The van der Waals surface area contributed by atoms with Crippen LogP contribution in [0.4, 0.5) is 4.79 Å². The molecule has 3 amide bonds. The molecule has 8 heteroatoms. The maximum atomic E-state index is 12.6. The molecular formula is C19H29ClN4O3. The van der Waals surface area contributed by atoms with Gasteiger partial charge < -0.3 is 24.8 Å². The van der Waals surface area contributed by atoms with Crippen LogP contribution in [0.2, 0.25) is 0 Å². The Kier molecular flexibility index (Phi) is 8.34. The summed E-state index contributed by atoms with van der Waals surface area (Å²) >= 11 is 0. The third-order valence-electron chi connectivity index (χ3n) is 4.91. The van der Waals surface area contributed by atoms with Gasteiger partial charge in [0.2, 0.25) is 5.91 Å². The van der Waals surface area contributed by atoms with Crippen molar-refractivity contribution >= 4 is 24.3 Å². The standard InChI is InChI=1S/C19H28N4O3.ClH/c1-21(14-16-5-3-2-4-6-16)19(25)23-10-8-22(9-11-23)18(24)13-17-15-26-12-7-20-17;/h2-6,17,20H,7-15H2,1H3;1H. The van der Waals surface area contributed by atoms with E-state index < -0.39 is 0 Å². The maximum Gasteiger partial charge on any atom is 0.320 e. The van der Waals surface area contributed by atoms with Crippen molar-refractivity contribution in [3.63, 3.8) is 0 Å². The number of hydrogen-bond donors (Lipinski definition) is 1. The van der Waals surface area contributed by atoms with Gasteiger partial charge in [0, 0.05) is 58.8 Å². The quantitative estimate of drug-likeness (QED) is 0.830. The van der Waals surface area contributed by atoms with Gasteiger partial charge in [0.1, 0.15) is 0 Å². The van der Waals surface area contributed by atoms with Crippen molar-refractivity contribution in [2.24, 2.45) is 0 Å². The molecule has 2 saturated heterocycles. The van der Waals surface area contributed by atoms with E-state index in [9.17, 15) is 9.59 Å². The highest BCUT2D eigenvalue weighted by Gasteiger charge is 2.27. The number of benzene rings is 1. The van der Waals surface area contributed by atoms with E-state index in [0.717, 1.165) is 12.1 Å². The molecule has 1 unspecified atom stereocenters. The van der Waals surface area contributed by atoms with Crippen LogP contribution in [0.3, 0.4) is 0 Å². The van der Waals surface area contributed by atoms with Crippen molar-refractivity contribution in [2.75, 3.05) is 53.0 Å². The zero-order chi connectivity index (χ0) is 18.4. The summed E-state index contributed by atoms with van der Waals surface area (Å²) in [5.74, 6) is 0.137. The Morgan fingerprint density at radius 1 is 1.15 bits per heavy atom. The molecule has 1 atom stereocenters. The highest BCUT2D eigenvalue weighted by molar-refractivity contribution is 5.85. The van der Waals surface area contributed by atoms with Gasteiger partial charge in [-0.15, -0.1) is 12.4 Å². The Bertz CT molecular complexity index is 602. The van der Waals surface area contributed by atoms with Crippen LogP contribution in [0.15, 0.2) is 30.3 Å². The van der Waals surface area contributed by atoms with Gasteiger partial charge in [-0.05, 0) is 5.56 Å². The van der Waals surface area contributed by atoms with Crippen LogP contribution in [0.5, 0.6) is 0 Å². The number of piperazine rings is 1. The van der Waals surface area contributed by atoms with Crippen LogP contribution >= 0.6 is 12.4 Å². The number of hydrogen-bond acceptors (Lipinski definition) is 4. The highest BCUT2D eigenvalue weighted by atomic mass is 35.5. The largest absolute Gasteiger partial charge is 0.378 e. The molecule has 0 spiro atoms. The third kappa shape index (κ3) is 6.09. The number of carbonyl (C=O) groups excluding carboxylic acids is 2. The van der Waals surface area contributed by atoms with Crippen molar-refractivity contribution in [1.82, 2.24) is 20.0 Å². The Morgan fingerprint density at radius 2 is 1.81 bits per heavy atom. The number of nitrogens with zero attached hydrogens (tertiary/aromatic N) is 3. The van der Waals surface area contributed by atoms with Gasteiger partial charge in [0.05, 0.1) is 13.2 Å². The van der Waals surface area contributed by atoms with Gasteiger partial charge in [0.25, 0.3) is 0 Å². The second-order valence-electron chi connectivity index (χ2n) is 6.92. The van der Waals surface area contributed by atoms with Gasteiger partial charge in [0.15, 0.2) is 0 Å². The molecule has 0 radical (unpaired) electrons. The van der Waals surface area contributed by atoms with Crippen molar-refractivity contribution in [3.05, 3.63) is 35.9 Å². The highest BCUT2D eigenvalue weighted by Crippen LogP contribution is 2.11. The molecule has 2 aliphatic heterocycles. The lowest BCUT2D eigenvalue weighted by Crippen LogP contribution is -2.54. The topological polar surface area (TPSA) is 65.1 Å². The molecule has 0 saturated carbocycles.